The van der Waals surface area contributed by atoms with Gasteiger partial charge in [0.05, 0.1) is 0 Å². The second-order valence-electron chi connectivity index (χ2n) is 10.4. The molecular weight excluding hydrogens is 518 g/mol. The number of fused-ring (bicyclic) bond motifs is 4. The second kappa shape index (κ2) is 8.65. The van der Waals surface area contributed by atoms with Crippen molar-refractivity contribution in [2.75, 3.05) is 0 Å². The van der Waals surface area contributed by atoms with Gasteiger partial charge < -0.3 is 0 Å². The second-order valence-corrected chi connectivity index (χ2v) is 11.5. The van der Waals surface area contributed by atoms with E-state index in [9.17, 15) is 0 Å². The number of nitrogens with zero attached hydrogens (tertiary/aromatic N) is 3. The van der Waals surface area contributed by atoms with Gasteiger partial charge in [0.25, 0.3) is 0 Å². The van der Waals surface area contributed by atoms with E-state index < -0.39 is 0 Å². The highest BCUT2D eigenvalue weighted by Gasteiger charge is 2.21. The van der Waals surface area contributed by atoms with E-state index in [0.717, 1.165) is 16.7 Å². The Kier molecular flexibility index (Phi) is 4.77. The highest BCUT2D eigenvalue weighted by atomic mass is 32.1. The Hall–Kier alpha value is -5.19. The van der Waals surface area contributed by atoms with Gasteiger partial charge >= 0.3 is 0 Å². The van der Waals surface area contributed by atoms with E-state index in [1.54, 1.807) is 0 Å². The van der Waals surface area contributed by atoms with Crippen LogP contribution in [-0.2, 0) is 0 Å². The fourth-order valence-corrected chi connectivity index (χ4v) is 7.42. The monoisotopic (exact) mass is 539 g/mol. The molecule has 0 amide bonds. The first kappa shape index (κ1) is 22.6. The SMILES string of the molecule is c1ccc(-c2nc(-c3ccccc3)nc(-c3ccc4c5cc6ccccc6cc5c5cccc6sc3c4c65)n2)cc1. The Balaban J connectivity index is 1.38. The molecule has 0 spiro atoms. The molecule has 0 aliphatic rings. The normalized spacial score (nSPS) is 11.9. The van der Waals surface area contributed by atoms with Crippen molar-refractivity contribution in [3.8, 4) is 34.2 Å². The molecule has 9 aromatic rings. The van der Waals surface area contributed by atoms with Gasteiger partial charge in [0.2, 0.25) is 0 Å². The molecule has 0 aliphatic carbocycles. The Morgan fingerprint density at radius 2 is 0.976 bits per heavy atom. The Morgan fingerprint density at radius 1 is 0.415 bits per heavy atom. The van der Waals surface area contributed by atoms with Crippen LogP contribution in [0.1, 0.15) is 0 Å². The summed E-state index contributed by atoms with van der Waals surface area (Å²) in [6.45, 7) is 0. The summed E-state index contributed by atoms with van der Waals surface area (Å²) in [4.78, 5) is 15.0. The van der Waals surface area contributed by atoms with E-state index in [-0.39, 0.29) is 0 Å². The summed E-state index contributed by atoms with van der Waals surface area (Å²) in [7, 11) is 0. The zero-order valence-electron chi connectivity index (χ0n) is 21.9. The van der Waals surface area contributed by atoms with Crippen LogP contribution >= 0.6 is 11.3 Å². The number of rotatable bonds is 3. The number of thiophene rings is 1. The van der Waals surface area contributed by atoms with Crippen molar-refractivity contribution in [3.05, 3.63) is 127 Å². The van der Waals surface area contributed by atoms with Gasteiger partial charge in [-0.2, -0.15) is 0 Å². The third kappa shape index (κ3) is 3.41. The number of benzene rings is 7. The first-order valence-corrected chi connectivity index (χ1v) is 14.5. The molecule has 0 saturated heterocycles. The maximum absolute atomic E-state index is 5.06. The molecule has 0 radical (unpaired) electrons. The van der Waals surface area contributed by atoms with Crippen LogP contribution in [0.3, 0.4) is 0 Å². The van der Waals surface area contributed by atoms with Crippen molar-refractivity contribution in [2.45, 2.75) is 0 Å². The summed E-state index contributed by atoms with van der Waals surface area (Å²) in [5, 5.41) is 10.3. The molecule has 190 valence electrons. The largest absolute Gasteiger partial charge is 0.208 e. The lowest BCUT2D eigenvalue weighted by atomic mass is 9.91. The van der Waals surface area contributed by atoms with Crippen molar-refractivity contribution in [1.82, 2.24) is 15.0 Å². The van der Waals surface area contributed by atoms with Crippen LogP contribution in [0.15, 0.2) is 127 Å². The van der Waals surface area contributed by atoms with Crippen molar-refractivity contribution < 1.29 is 0 Å². The van der Waals surface area contributed by atoms with Crippen LogP contribution in [0.25, 0.3) is 86.7 Å². The van der Waals surface area contributed by atoms with Gasteiger partial charge in [-0.1, -0.05) is 103 Å². The Bertz CT molecular complexity index is 2350. The molecule has 0 unspecified atom stereocenters. The van der Waals surface area contributed by atoms with Gasteiger partial charge in [0.15, 0.2) is 17.5 Å². The molecule has 0 N–H and O–H groups in total. The van der Waals surface area contributed by atoms with E-state index in [0.29, 0.717) is 17.5 Å². The van der Waals surface area contributed by atoms with E-state index in [4.69, 9.17) is 15.0 Å². The molecule has 0 saturated carbocycles. The highest BCUT2D eigenvalue weighted by Crippen LogP contribution is 2.48. The number of aromatic nitrogens is 3. The van der Waals surface area contributed by atoms with Crippen LogP contribution in [0.5, 0.6) is 0 Å². The summed E-state index contributed by atoms with van der Waals surface area (Å²) in [5.41, 5.74) is 2.99. The van der Waals surface area contributed by atoms with Gasteiger partial charge in [0, 0.05) is 36.9 Å². The van der Waals surface area contributed by atoms with E-state index in [1.807, 2.05) is 47.7 Å². The maximum Gasteiger partial charge on any atom is 0.165 e. The predicted octanol–water partition coefficient (Wildman–Crippen LogP) is 10.1. The summed E-state index contributed by atoms with van der Waals surface area (Å²) in [6.07, 6.45) is 0. The van der Waals surface area contributed by atoms with Gasteiger partial charge in [-0.15, -0.1) is 11.3 Å². The summed E-state index contributed by atoms with van der Waals surface area (Å²) >= 11 is 1.83. The molecule has 2 heterocycles. The fraction of sp³-hybridized carbons (Fsp3) is 0. The zero-order valence-corrected chi connectivity index (χ0v) is 22.7. The van der Waals surface area contributed by atoms with Gasteiger partial charge in [-0.05, 0) is 56.6 Å². The molecule has 2 aromatic heterocycles. The van der Waals surface area contributed by atoms with E-state index in [1.165, 1.54) is 52.5 Å². The smallest absolute Gasteiger partial charge is 0.165 e. The third-order valence-electron chi connectivity index (χ3n) is 8.05. The minimum Gasteiger partial charge on any atom is -0.208 e. The lowest BCUT2D eigenvalue weighted by molar-refractivity contribution is 1.08. The number of hydrogen-bond acceptors (Lipinski definition) is 4. The van der Waals surface area contributed by atoms with Crippen molar-refractivity contribution in [3.63, 3.8) is 0 Å². The Morgan fingerprint density at radius 3 is 1.61 bits per heavy atom. The number of hydrogen-bond donors (Lipinski definition) is 0. The molecular formula is C37H21N3S. The highest BCUT2D eigenvalue weighted by molar-refractivity contribution is 7.26. The Labute approximate surface area is 239 Å². The van der Waals surface area contributed by atoms with E-state index in [2.05, 4.69) is 91.0 Å². The minimum absolute atomic E-state index is 0.678. The quantitative estimate of drug-likeness (QED) is 0.166. The molecule has 4 heteroatoms. The molecule has 0 bridgehead atoms. The maximum atomic E-state index is 5.06. The average Bonchev–Trinajstić information content (AvgIpc) is 3.44. The zero-order chi connectivity index (χ0) is 26.9. The van der Waals surface area contributed by atoms with Crippen LogP contribution < -0.4 is 0 Å². The van der Waals surface area contributed by atoms with Crippen LogP contribution in [0.4, 0.5) is 0 Å². The molecule has 7 aromatic carbocycles. The van der Waals surface area contributed by atoms with Crippen LogP contribution in [-0.4, -0.2) is 15.0 Å². The van der Waals surface area contributed by atoms with E-state index >= 15 is 0 Å². The standard InChI is InChI=1S/C37H21N3S/c1-3-10-22(11-4-1)35-38-36(23-12-5-2-6-13-23)40-37(39-35)28-19-18-27-30-21-25-15-8-7-14-24(25)20-29(30)26-16-9-17-31-32(26)33(27)34(28)41-31/h1-21H. The summed E-state index contributed by atoms with van der Waals surface area (Å²) in [6, 6.07) is 44.8. The average molecular weight is 540 g/mol. The predicted molar refractivity (Wildman–Crippen MR) is 173 cm³/mol. The van der Waals surface area contributed by atoms with Gasteiger partial charge in [-0.25, -0.2) is 15.0 Å². The first-order chi connectivity index (χ1) is 20.3. The topological polar surface area (TPSA) is 38.7 Å². The molecule has 41 heavy (non-hydrogen) atoms. The third-order valence-corrected chi connectivity index (χ3v) is 9.24. The van der Waals surface area contributed by atoms with Gasteiger partial charge in [-0.3, -0.25) is 0 Å². The summed E-state index contributed by atoms with van der Waals surface area (Å²) in [5.74, 6) is 2.05. The summed E-state index contributed by atoms with van der Waals surface area (Å²) < 4.78 is 2.50. The molecule has 0 fully saturated rings. The molecule has 3 nitrogen and oxygen atoms in total. The van der Waals surface area contributed by atoms with Crippen molar-refractivity contribution in [2.24, 2.45) is 0 Å². The molecule has 0 atom stereocenters. The van der Waals surface area contributed by atoms with Crippen molar-refractivity contribution in [1.29, 1.82) is 0 Å². The van der Waals surface area contributed by atoms with Crippen LogP contribution in [0, 0.1) is 0 Å². The minimum atomic E-state index is 0.678. The molecule has 9 rings (SSSR count). The first-order valence-electron chi connectivity index (χ1n) is 13.7. The molecule has 0 aliphatic heterocycles. The van der Waals surface area contributed by atoms with Gasteiger partial charge in [0.1, 0.15) is 0 Å². The van der Waals surface area contributed by atoms with Crippen LogP contribution in [0.2, 0.25) is 0 Å². The lowest BCUT2D eigenvalue weighted by Crippen LogP contribution is -2.00. The van der Waals surface area contributed by atoms with Crippen molar-refractivity contribution >= 4 is 63.8 Å². The lowest BCUT2D eigenvalue weighted by Gasteiger charge is -2.13. The fourth-order valence-electron chi connectivity index (χ4n) is 6.16.